The van der Waals surface area contributed by atoms with Crippen molar-refractivity contribution in [3.8, 4) is 11.3 Å². The molecule has 0 spiro atoms. The molecule has 0 aliphatic heterocycles. The molecule has 17 heavy (non-hydrogen) atoms. The van der Waals surface area contributed by atoms with Crippen LogP contribution in [0.2, 0.25) is 0 Å². The van der Waals surface area contributed by atoms with E-state index in [0.717, 1.165) is 17.0 Å². The Bertz CT molecular complexity index is 529. The van der Waals surface area contributed by atoms with Gasteiger partial charge in [-0.25, -0.2) is 0 Å². The summed E-state index contributed by atoms with van der Waals surface area (Å²) >= 11 is 0. The number of rotatable bonds is 2. The highest BCUT2D eigenvalue weighted by Crippen LogP contribution is 2.31. The molecule has 90 valence electrons. The summed E-state index contributed by atoms with van der Waals surface area (Å²) in [6, 6.07) is 4.13. The van der Waals surface area contributed by atoms with Crippen molar-refractivity contribution in [1.29, 1.82) is 0 Å². The lowest BCUT2D eigenvalue weighted by Crippen LogP contribution is -1.95. The van der Waals surface area contributed by atoms with Crippen molar-refractivity contribution in [1.82, 2.24) is 5.16 Å². The molecule has 1 aromatic heterocycles. The van der Waals surface area contributed by atoms with Crippen molar-refractivity contribution in [2.24, 2.45) is 5.73 Å². The van der Waals surface area contributed by atoms with Gasteiger partial charge in [-0.05, 0) is 49.9 Å². The highest BCUT2D eigenvalue weighted by molar-refractivity contribution is 5.69. The summed E-state index contributed by atoms with van der Waals surface area (Å²) in [4.78, 5) is 0. The van der Waals surface area contributed by atoms with E-state index in [1.165, 1.54) is 22.3 Å². The fourth-order valence-corrected chi connectivity index (χ4v) is 2.11. The van der Waals surface area contributed by atoms with E-state index in [2.05, 4.69) is 38.9 Å². The van der Waals surface area contributed by atoms with E-state index in [9.17, 15) is 0 Å². The highest BCUT2D eigenvalue weighted by atomic mass is 16.5. The van der Waals surface area contributed by atoms with Gasteiger partial charge < -0.3 is 10.3 Å². The zero-order chi connectivity index (χ0) is 12.6. The predicted octanol–water partition coefficient (Wildman–Crippen LogP) is 3.03. The maximum Gasteiger partial charge on any atom is 0.167 e. The van der Waals surface area contributed by atoms with Crippen molar-refractivity contribution in [3.05, 3.63) is 40.1 Å². The van der Waals surface area contributed by atoms with E-state index >= 15 is 0 Å². The third kappa shape index (κ3) is 1.98. The number of aryl methyl sites for hydroxylation is 2. The van der Waals surface area contributed by atoms with Gasteiger partial charge in [0.1, 0.15) is 0 Å². The van der Waals surface area contributed by atoms with Crippen LogP contribution in [0.4, 0.5) is 0 Å². The normalized spacial score (nSPS) is 10.9. The van der Waals surface area contributed by atoms with Crippen molar-refractivity contribution in [2.75, 3.05) is 0 Å². The standard InChI is InChI=1S/C14H18N2O/c1-8-5-9(2)11(4)14(10(8)3)13-6-12(7-15)16-17-13/h5-6H,7,15H2,1-4H3. The van der Waals surface area contributed by atoms with E-state index in [1.54, 1.807) is 0 Å². The molecule has 0 unspecified atom stereocenters. The van der Waals surface area contributed by atoms with Crippen LogP contribution in [0.5, 0.6) is 0 Å². The third-order valence-corrected chi connectivity index (χ3v) is 3.38. The summed E-state index contributed by atoms with van der Waals surface area (Å²) in [6.45, 7) is 8.87. The molecule has 0 amide bonds. The molecule has 2 N–H and O–H groups in total. The summed E-state index contributed by atoms with van der Waals surface area (Å²) < 4.78 is 5.38. The van der Waals surface area contributed by atoms with Gasteiger partial charge in [-0.3, -0.25) is 0 Å². The van der Waals surface area contributed by atoms with Crippen molar-refractivity contribution in [2.45, 2.75) is 34.2 Å². The van der Waals surface area contributed by atoms with E-state index < -0.39 is 0 Å². The van der Waals surface area contributed by atoms with Gasteiger partial charge in [-0.2, -0.15) is 0 Å². The van der Waals surface area contributed by atoms with E-state index in [1.807, 2.05) is 6.07 Å². The molecule has 3 nitrogen and oxygen atoms in total. The number of nitrogens with zero attached hydrogens (tertiary/aromatic N) is 1. The Morgan fingerprint density at radius 2 is 1.65 bits per heavy atom. The van der Waals surface area contributed by atoms with E-state index in [0.29, 0.717) is 6.54 Å². The summed E-state index contributed by atoms with van der Waals surface area (Å²) in [6.07, 6.45) is 0. The average molecular weight is 230 g/mol. The first kappa shape index (κ1) is 11.9. The summed E-state index contributed by atoms with van der Waals surface area (Å²) in [5.41, 5.74) is 12.5. The summed E-state index contributed by atoms with van der Waals surface area (Å²) in [5, 5.41) is 3.95. The number of hydrogen-bond acceptors (Lipinski definition) is 3. The molecule has 0 saturated heterocycles. The molecule has 1 heterocycles. The third-order valence-electron chi connectivity index (χ3n) is 3.38. The average Bonchev–Trinajstić information content (AvgIpc) is 2.75. The van der Waals surface area contributed by atoms with Gasteiger partial charge in [0.25, 0.3) is 0 Å². The molecular formula is C14H18N2O. The second-order valence-corrected chi connectivity index (χ2v) is 4.52. The Balaban J connectivity index is 2.65. The smallest absolute Gasteiger partial charge is 0.167 e. The molecule has 2 rings (SSSR count). The number of benzene rings is 1. The number of nitrogens with two attached hydrogens (primary N) is 1. The van der Waals surface area contributed by atoms with Crippen LogP contribution in [0.1, 0.15) is 27.9 Å². The van der Waals surface area contributed by atoms with E-state index in [4.69, 9.17) is 10.3 Å². The quantitative estimate of drug-likeness (QED) is 0.862. The Hall–Kier alpha value is -1.61. The molecule has 1 aromatic carbocycles. The van der Waals surface area contributed by atoms with Crippen LogP contribution in [0.25, 0.3) is 11.3 Å². The number of aromatic nitrogens is 1. The number of hydrogen-bond donors (Lipinski definition) is 1. The Kier molecular flexibility index (Phi) is 3.03. The fraction of sp³-hybridized carbons (Fsp3) is 0.357. The molecule has 0 radical (unpaired) electrons. The molecule has 0 saturated carbocycles. The highest BCUT2D eigenvalue weighted by Gasteiger charge is 2.14. The fourth-order valence-electron chi connectivity index (χ4n) is 2.11. The molecule has 3 heteroatoms. The zero-order valence-electron chi connectivity index (χ0n) is 10.8. The first-order valence-electron chi connectivity index (χ1n) is 5.78. The minimum atomic E-state index is 0.409. The predicted molar refractivity (Wildman–Crippen MR) is 68.8 cm³/mol. The van der Waals surface area contributed by atoms with Gasteiger partial charge >= 0.3 is 0 Å². The van der Waals surface area contributed by atoms with Crippen LogP contribution in [0.3, 0.4) is 0 Å². The summed E-state index contributed by atoms with van der Waals surface area (Å²) in [7, 11) is 0. The van der Waals surface area contributed by atoms with Crippen LogP contribution in [0.15, 0.2) is 16.7 Å². The minimum absolute atomic E-state index is 0.409. The van der Waals surface area contributed by atoms with Crippen LogP contribution in [-0.2, 0) is 6.54 Å². The maximum absolute atomic E-state index is 5.55. The summed E-state index contributed by atoms with van der Waals surface area (Å²) in [5.74, 6) is 0.812. The molecule has 0 atom stereocenters. The van der Waals surface area contributed by atoms with Crippen LogP contribution in [0, 0.1) is 27.7 Å². The molecule has 0 bridgehead atoms. The van der Waals surface area contributed by atoms with Crippen molar-refractivity contribution >= 4 is 0 Å². The molecular weight excluding hydrogens is 212 g/mol. The Labute approximate surface area is 102 Å². The van der Waals surface area contributed by atoms with Gasteiger partial charge in [-0.15, -0.1) is 0 Å². The molecule has 0 aliphatic carbocycles. The first-order valence-corrected chi connectivity index (χ1v) is 5.78. The van der Waals surface area contributed by atoms with Crippen molar-refractivity contribution < 1.29 is 4.52 Å². The monoisotopic (exact) mass is 230 g/mol. The molecule has 0 aliphatic rings. The van der Waals surface area contributed by atoms with Crippen LogP contribution >= 0.6 is 0 Å². The second-order valence-electron chi connectivity index (χ2n) is 4.52. The van der Waals surface area contributed by atoms with Gasteiger partial charge in [-0.1, -0.05) is 11.2 Å². The van der Waals surface area contributed by atoms with Crippen molar-refractivity contribution in [3.63, 3.8) is 0 Å². The maximum atomic E-state index is 5.55. The molecule has 2 aromatic rings. The van der Waals surface area contributed by atoms with Gasteiger partial charge in [0.05, 0.1) is 5.69 Å². The first-order chi connectivity index (χ1) is 8.04. The van der Waals surface area contributed by atoms with Crippen LogP contribution < -0.4 is 5.73 Å². The van der Waals surface area contributed by atoms with E-state index in [-0.39, 0.29) is 0 Å². The van der Waals surface area contributed by atoms with Gasteiger partial charge in [0.15, 0.2) is 5.76 Å². The topological polar surface area (TPSA) is 52.0 Å². The SMILES string of the molecule is Cc1cc(C)c(C)c(-c2cc(CN)no2)c1C. The zero-order valence-corrected chi connectivity index (χ0v) is 10.8. The van der Waals surface area contributed by atoms with Crippen LogP contribution in [-0.4, -0.2) is 5.16 Å². The van der Waals surface area contributed by atoms with Gasteiger partial charge in [0.2, 0.25) is 0 Å². The lowest BCUT2D eigenvalue weighted by Gasteiger charge is -2.12. The Morgan fingerprint density at radius 1 is 1.06 bits per heavy atom. The minimum Gasteiger partial charge on any atom is -0.356 e. The van der Waals surface area contributed by atoms with Gasteiger partial charge in [0, 0.05) is 18.2 Å². The lowest BCUT2D eigenvalue weighted by atomic mass is 9.93. The second kappa shape index (κ2) is 4.34. The lowest BCUT2D eigenvalue weighted by molar-refractivity contribution is 0.423. The molecule has 0 fully saturated rings. The largest absolute Gasteiger partial charge is 0.356 e. The Morgan fingerprint density at radius 3 is 2.12 bits per heavy atom.